The monoisotopic (exact) mass is 167 g/mol. The van der Waals surface area contributed by atoms with Gasteiger partial charge in [-0.1, -0.05) is 6.58 Å². The molecular weight excluding hydrogens is 157 g/mol. The van der Waals surface area contributed by atoms with Crippen molar-refractivity contribution in [3.05, 3.63) is 30.2 Å². The second-order valence-electron chi connectivity index (χ2n) is 2.58. The Morgan fingerprint density at radius 3 is 2.83 bits per heavy atom. The molecule has 1 aromatic heterocycles. The molecule has 1 aromatic rings. The first-order chi connectivity index (χ1) is 5.61. The van der Waals surface area contributed by atoms with E-state index in [9.17, 15) is 4.39 Å². The van der Waals surface area contributed by atoms with Gasteiger partial charge in [0, 0.05) is 6.07 Å². The van der Waals surface area contributed by atoms with Gasteiger partial charge in [-0.25, -0.2) is 14.4 Å². The largest absolute Gasteiger partial charge is 0.384 e. The number of hydrogen-bond donors (Lipinski definition) is 1. The molecule has 2 N–H and O–H groups in total. The third-order valence-electron chi connectivity index (χ3n) is 1.40. The van der Waals surface area contributed by atoms with E-state index in [0.29, 0.717) is 5.57 Å². The molecule has 0 amide bonds. The van der Waals surface area contributed by atoms with Crippen molar-refractivity contribution in [3.8, 4) is 0 Å². The Morgan fingerprint density at radius 1 is 1.67 bits per heavy atom. The highest BCUT2D eigenvalue weighted by molar-refractivity contribution is 5.30. The van der Waals surface area contributed by atoms with Crippen LogP contribution < -0.4 is 5.73 Å². The molecule has 0 saturated carbocycles. The first-order valence-corrected chi connectivity index (χ1v) is 3.48. The lowest BCUT2D eigenvalue weighted by molar-refractivity contribution is 0.387. The number of halogens is 1. The Bertz CT molecular complexity index is 298. The summed E-state index contributed by atoms with van der Waals surface area (Å²) in [5.74, 6) is 0.268. The molecule has 0 spiro atoms. The minimum absolute atomic E-state index is 0.259. The molecule has 12 heavy (non-hydrogen) atoms. The zero-order valence-corrected chi connectivity index (χ0v) is 6.79. The van der Waals surface area contributed by atoms with E-state index in [4.69, 9.17) is 5.73 Å². The molecular formula is C8H10FN3. The van der Waals surface area contributed by atoms with Gasteiger partial charge in [0.25, 0.3) is 0 Å². The van der Waals surface area contributed by atoms with Crippen molar-refractivity contribution < 1.29 is 4.39 Å². The fraction of sp³-hybridized carbons (Fsp3) is 0.250. The van der Waals surface area contributed by atoms with Crippen LogP contribution in [0.15, 0.2) is 24.5 Å². The van der Waals surface area contributed by atoms with Crippen molar-refractivity contribution in [2.75, 3.05) is 5.73 Å². The summed E-state index contributed by atoms with van der Waals surface area (Å²) in [6.45, 7) is 5.09. The maximum atomic E-state index is 13.2. The van der Waals surface area contributed by atoms with E-state index in [1.165, 1.54) is 12.4 Å². The molecule has 3 nitrogen and oxygen atoms in total. The highest BCUT2D eigenvalue weighted by Gasteiger charge is 2.11. The number of alkyl halides is 1. The molecule has 4 heteroatoms. The first kappa shape index (κ1) is 8.64. The third kappa shape index (κ3) is 1.78. The van der Waals surface area contributed by atoms with Crippen LogP contribution in [0.25, 0.3) is 0 Å². The summed E-state index contributed by atoms with van der Waals surface area (Å²) in [5, 5.41) is 0. The Labute approximate surface area is 70.1 Å². The van der Waals surface area contributed by atoms with Crippen molar-refractivity contribution in [1.29, 1.82) is 0 Å². The number of aromatic nitrogens is 2. The Kier molecular flexibility index (Phi) is 2.38. The molecule has 0 radical (unpaired) electrons. The lowest BCUT2D eigenvalue weighted by Crippen LogP contribution is -1.99. The Morgan fingerprint density at radius 2 is 2.33 bits per heavy atom. The number of nitrogen functional groups attached to an aromatic ring is 1. The van der Waals surface area contributed by atoms with E-state index < -0.39 is 6.17 Å². The van der Waals surface area contributed by atoms with Gasteiger partial charge in [-0.2, -0.15) is 0 Å². The summed E-state index contributed by atoms with van der Waals surface area (Å²) in [6, 6.07) is 1.40. The van der Waals surface area contributed by atoms with Gasteiger partial charge in [0.1, 0.15) is 12.1 Å². The number of nitrogens with zero attached hydrogens (tertiary/aromatic N) is 2. The number of allylic oxidation sites excluding steroid dienone is 1. The zero-order valence-electron chi connectivity index (χ0n) is 6.79. The molecule has 1 unspecified atom stereocenters. The number of hydrogen-bond acceptors (Lipinski definition) is 3. The van der Waals surface area contributed by atoms with Crippen LogP contribution in [0.2, 0.25) is 0 Å². The second-order valence-corrected chi connectivity index (χ2v) is 2.58. The lowest BCUT2D eigenvalue weighted by Gasteiger charge is -2.05. The summed E-state index contributed by atoms with van der Waals surface area (Å²) in [6.07, 6.45) is -0.0181. The van der Waals surface area contributed by atoms with Crippen LogP contribution in [0.4, 0.5) is 10.2 Å². The highest BCUT2D eigenvalue weighted by atomic mass is 19.1. The van der Waals surface area contributed by atoms with Gasteiger partial charge >= 0.3 is 0 Å². The molecule has 0 aliphatic rings. The summed E-state index contributed by atoms with van der Waals surface area (Å²) >= 11 is 0. The molecule has 0 saturated heterocycles. The normalized spacial score (nSPS) is 12.5. The molecule has 64 valence electrons. The summed E-state index contributed by atoms with van der Waals surface area (Å²) in [4.78, 5) is 7.39. The minimum atomic E-state index is -1.25. The van der Waals surface area contributed by atoms with E-state index >= 15 is 0 Å². The van der Waals surface area contributed by atoms with Crippen LogP contribution in [0, 0.1) is 0 Å². The SMILES string of the molecule is C=C(C)C(F)c1cc(N)ncn1. The maximum absolute atomic E-state index is 13.2. The molecule has 1 heterocycles. The van der Waals surface area contributed by atoms with Gasteiger partial charge in [-0.3, -0.25) is 0 Å². The molecule has 1 atom stereocenters. The molecule has 0 aliphatic carbocycles. The average Bonchev–Trinajstić information content (AvgIpc) is 2.03. The van der Waals surface area contributed by atoms with E-state index in [2.05, 4.69) is 16.5 Å². The van der Waals surface area contributed by atoms with E-state index in [0.717, 1.165) is 0 Å². The zero-order chi connectivity index (χ0) is 9.14. The third-order valence-corrected chi connectivity index (χ3v) is 1.40. The lowest BCUT2D eigenvalue weighted by atomic mass is 10.1. The Balaban J connectivity index is 2.95. The molecule has 0 aromatic carbocycles. The van der Waals surface area contributed by atoms with E-state index in [-0.39, 0.29) is 11.5 Å². The molecule has 1 rings (SSSR count). The van der Waals surface area contributed by atoms with Crippen LogP contribution in [0.3, 0.4) is 0 Å². The van der Waals surface area contributed by atoms with Crippen LogP contribution in [0.5, 0.6) is 0 Å². The van der Waals surface area contributed by atoms with E-state index in [1.807, 2.05) is 0 Å². The fourth-order valence-corrected chi connectivity index (χ4v) is 0.779. The smallest absolute Gasteiger partial charge is 0.163 e. The fourth-order valence-electron chi connectivity index (χ4n) is 0.779. The van der Waals surface area contributed by atoms with Gasteiger partial charge < -0.3 is 5.73 Å². The van der Waals surface area contributed by atoms with E-state index in [1.54, 1.807) is 6.92 Å². The predicted molar refractivity (Wildman–Crippen MR) is 45.1 cm³/mol. The number of anilines is 1. The van der Waals surface area contributed by atoms with Crippen LogP contribution >= 0.6 is 0 Å². The first-order valence-electron chi connectivity index (χ1n) is 3.48. The van der Waals surface area contributed by atoms with Crippen LogP contribution in [-0.4, -0.2) is 9.97 Å². The highest BCUT2D eigenvalue weighted by Crippen LogP contribution is 2.22. The number of nitrogens with two attached hydrogens (primary N) is 1. The van der Waals surface area contributed by atoms with Crippen molar-refractivity contribution in [3.63, 3.8) is 0 Å². The minimum Gasteiger partial charge on any atom is -0.384 e. The summed E-state index contributed by atoms with van der Waals surface area (Å²) < 4.78 is 13.2. The van der Waals surface area contributed by atoms with Gasteiger partial charge in [-0.15, -0.1) is 0 Å². The van der Waals surface area contributed by atoms with Crippen LogP contribution in [0.1, 0.15) is 18.8 Å². The maximum Gasteiger partial charge on any atom is 0.163 e. The van der Waals surface area contributed by atoms with Gasteiger partial charge in [0.2, 0.25) is 0 Å². The predicted octanol–water partition coefficient (Wildman–Crippen LogP) is 1.65. The standard InChI is InChI=1S/C8H10FN3/c1-5(2)8(9)6-3-7(10)12-4-11-6/h3-4,8H,1H2,2H3,(H2,10,11,12). The van der Waals surface area contributed by atoms with Crippen molar-refractivity contribution in [1.82, 2.24) is 9.97 Å². The quantitative estimate of drug-likeness (QED) is 0.681. The van der Waals surface area contributed by atoms with Crippen molar-refractivity contribution in [2.45, 2.75) is 13.1 Å². The molecule has 0 aliphatic heterocycles. The summed E-state index contributed by atoms with van der Waals surface area (Å²) in [7, 11) is 0. The van der Waals surface area contributed by atoms with Gasteiger partial charge in [0.15, 0.2) is 6.17 Å². The van der Waals surface area contributed by atoms with Gasteiger partial charge in [0.05, 0.1) is 5.69 Å². The molecule has 0 fully saturated rings. The number of rotatable bonds is 2. The average molecular weight is 167 g/mol. The van der Waals surface area contributed by atoms with Crippen LogP contribution in [-0.2, 0) is 0 Å². The van der Waals surface area contributed by atoms with Crippen molar-refractivity contribution >= 4 is 5.82 Å². The Hall–Kier alpha value is -1.45. The molecule has 0 bridgehead atoms. The summed E-state index contributed by atoms with van der Waals surface area (Å²) in [5.41, 5.74) is 6.02. The van der Waals surface area contributed by atoms with Gasteiger partial charge in [-0.05, 0) is 12.5 Å². The second kappa shape index (κ2) is 3.30. The van der Waals surface area contributed by atoms with Crippen molar-refractivity contribution in [2.24, 2.45) is 0 Å². The topological polar surface area (TPSA) is 51.8 Å².